The van der Waals surface area contributed by atoms with Crippen LogP contribution in [0, 0.1) is 11.8 Å². The Morgan fingerprint density at radius 3 is 2.61 bits per heavy atom. The highest BCUT2D eigenvalue weighted by Crippen LogP contribution is 2.48. The number of ether oxygens (including phenoxy) is 2. The standard InChI is InChI=1S/C28H33N2O3/c1-4-20-18-30(17-19-5-7-22(32-2)8-6-19)14-12-21(20)15-27(30)28(31)24-11-13-29-26-10-9-23(33-3)16-25(24)26/h4-11,13,16,20-21,27-28,31H,1,12,14-15,17-18H2,2-3H3/q+1/t20?,21-,27-,28+,30?/m0/s1. The summed E-state index contributed by atoms with van der Waals surface area (Å²) in [4.78, 5) is 4.52. The van der Waals surface area contributed by atoms with Crippen LogP contribution in [0.3, 0.4) is 0 Å². The zero-order valence-electron chi connectivity index (χ0n) is 19.5. The number of fused-ring (bicyclic) bond motifs is 4. The average Bonchev–Trinajstić information content (AvgIpc) is 2.88. The summed E-state index contributed by atoms with van der Waals surface area (Å²) in [6.45, 7) is 7.14. The second-order valence-corrected chi connectivity index (χ2v) is 9.61. The van der Waals surface area contributed by atoms with Crippen molar-refractivity contribution >= 4 is 10.9 Å². The lowest BCUT2D eigenvalue weighted by Crippen LogP contribution is -2.67. The van der Waals surface area contributed by atoms with Gasteiger partial charge in [-0.05, 0) is 60.0 Å². The van der Waals surface area contributed by atoms with Gasteiger partial charge in [0.05, 0.1) is 32.8 Å². The molecule has 5 nitrogen and oxygen atoms in total. The fraction of sp³-hybridized carbons (Fsp3) is 0.393. The molecule has 0 amide bonds. The number of pyridine rings is 1. The van der Waals surface area contributed by atoms with E-state index >= 15 is 0 Å². The Bertz CT molecular complexity index is 1150. The summed E-state index contributed by atoms with van der Waals surface area (Å²) in [5.74, 6) is 2.73. The summed E-state index contributed by atoms with van der Waals surface area (Å²) in [5.41, 5.74) is 3.10. The molecule has 0 radical (unpaired) electrons. The van der Waals surface area contributed by atoms with E-state index < -0.39 is 6.10 Å². The van der Waals surface area contributed by atoms with E-state index in [1.807, 2.05) is 42.6 Å². The van der Waals surface area contributed by atoms with Crippen molar-refractivity contribution < 1.29 is 19.1 Å². The van der Waals surface area contributed by atoms with Crippen LogP contribution in [-0.4, -0.2) is 47.9 Å². The monoisotopic (exact) mass is 445 g/mol. The lowest BCUT2D eigenvalue weighted by molar-refractivity contribution is -0.984. The molecule has 2 unspecified atom stereocenters. The topological polar surface area (TPSA) is 51.6 Å². The van der Waals surface area contributed by atoms with Gasteiger partial charge in [0.25, 0.3) is 0 Å². The largest absolute Gasteiger partial charge is 0.497 e. The molecular weight excluding hydrogens is 412 g/mol. The molecule has 3 fully saturated rings. The number of benzene rings is 2. The molecule has 172 valence electrons. The van der Waals surface area contributed by atoms with Gasteiger partial charge in [-0.1, -0.05) is 6.08 Å². The number of piperidine rings is 3. The summed E-state index contributed by atoms with van der Waals surface area (Å²) in [7, 11) is 3.37. The summed E-state index contributed by atoms with van der Waals surface area (Å²) >= 11 is 0. The SMILES string of the molecule is C=CC1C[N+]2(Cc3ccc(OC)cc3)CC[C@H]1C[C@H]2[C@H](O)c1ccnc2ccc(OC)cc12. The lowest BCUT2D eigenvalue weighted by Gasteiger charge is -2.58. The summed E-state index contributed by atoms with van der Waals surface area (Å²) < 4.78 is 11.7. The van der Waals surface area contributed by atoms with Crippen molar-refractivity contribution in [1.82, 2.24) is 4.98 Å². The van der Waals surface area contributed by atoms with Crippen LogP contribution >= 0.6 is 0 Å². The van der Waals surface area contributed by atoms with Crippen LogP contribution in [0.4, 0.5) is 0 Å². The van der Waals surface area contributed by atoms with E-state index in [4.69, 9.17) is 9.47 Å². The second-order valence-electron chi connectivity index (χ2n) is 9.61. The number of methoxy groups -OCH3 is 2. The van der Waals surface area contributed by atoms with E-state index in [-0.39, 0.29) is 6.04 Å². The number of aliphatic hydroxyl groups excluding tert-OH is 1. The molecule has 0 aliphatic carbocycles. The fourth-order valence-electron chi connectivity index (χ4n) is 6.21. The van der Waals surface area contributed by atoms with Gasteiger partial charge in [-0.15, -0.1) is 6.58 Å². The van der Waals surface area contributed by atoms with Crippen molar-refractivity contribution in [3.05, 3.63) is 78.5 Å². The molecule has 0 spiro atoms. The van der Waals surface area contributed by atoms with Gasteiger partial charge in [0.2, 0.25) is 0 Å². The zero-order chi connectivity index (χ0) is 23.0. The maximum absolute atomic E-state index is 11.9. The highest BCUT2D eigenvalue weighted by molar-refractivity contribution is 5.83. The molecule has 0 saturated carbocycles. The van der Waals surface area contributed by atoms with Crippen LogP contribution in [0.15, 0.2) is 67.4 Å². The third kappa shape index (κ3) is 3.90. The maximum Gasteiger partial charge on any atom is 0.131 e. The predicted molar refractivity (Wildman–Crippen MR) is 130 cm³/mol. The van der Waals surface area contributed by atoms with Crippen molar-refractivity contribution in [3.8, 4) is 11.5 Å². The molecule has 3 saturated heterocycles. The van der Waals surface area contributed by atoms with Crippen molar-refractivity contribution in [2.45, 2.75) is 31.5 Å². The molecule has 6 rings (SSSR count). The van der Waals surface area contributed by atoms with Gasteiger partial charge in [0.1, 0.15) is 30.2 Å². The molecule has 2 aromatic carbocycles. The van der Waals surface area contributed by atoms with E-state index in [1.165, 1.54) is 12.0 Å². The minimum atomic E-state index is -0.575. The average molecular weight is 446 g/mol. The van der Waals surface area contributed by atoms with E-state index in [0.717, 1.165) is 58.5 Å². The molecule has 1 N–H and O–H groups in total. The number of quaternary nitrogens is 1. The molecular formula is C28H33N2O3+. The molecule has 1 aromatic heterocycles. The minimum absolute atomic E-state index is 0.124. The van der Waals surface area contributed by atoms with Gasteiger partial charge in [-0.2, -0.15) is 0 Å². The van der Waals surface area contributed by atoms with Gasteiger partial charge < -0.3 is 19.1 Å². The Kier molecular flexibility index (Phi) is 5.85. The maximum atomic E-state index is 11.9. The number of hydrogen-bond acceptors (Lipinski definition) is 4. The van der Waals surface area contributed by atoms with Crippen molar-refractivity contribution in [2.24, 2.45) is 11.8 Å². The van der Waals surface area contributed by atoms with E-state index in [2.05, 4.69) is 29.8 Å². The molecule has 5 heteroatoms. The van der Waals surface area contributed by atoms with Crippen LogP contribution in [0.25, 0.3) is 10.9 Å². The number of nitrogens with zero attached hydrogens (tertiary/aromatic N) is 2. The van der Waals surface area contributed by atoms with Crippen LogP contribution in [0.5, 0.6) is 11.5 Å². The van der Waals surface area contributed by atoms with Crippen LogP contribution < -0.4 is 9.47 Å². The van der Waals surface area contributed by atoms with E-state index in [9.17, 15) is 5.11 Å². The zero-order valence-corrected chi connectivity index (χ0v) is 19.5. The molecule has 2 bridgehead atoms. The van der Waals surface area contributed by atoms with Gasteiger partial charge in [-0.25, -0.2) is 0 Å². The first-order valence-electron chi connectivity index (χ1n) is 11.8. The Balaban J connectivity index is 1.54. The third-order valence-corrected chi connectivity index (χ3v) is 8.00. The van der Waals surface area contributed by atoms with Crippen LogP contribution in [0.2, 0.25) is 0 Å². The van der Waals surface area contributed by atoms with Gasteiger partial charge in [0, 0.05) is 35.9 Å². The normalized spacial score (nSPS) is 27.3. The first-order valence-corrected chi connectivity index (χ1v) is 11.8. The summed E-state index contributed by atoms with van der Waals surface area (Å²) in [6.07, 6.45) is 5.56. The molecule has 33 heavy (non-hydrogen) atoms. The Hall–Kier alpha value is -2.89. The molecule has 3 aromatic rings. The Labute approximate surface area is 195 Å². The van der Waals surface area contributed by atoms with Gasteiger partial charge in [-0.3, -0.25) is 4.98 Å². The number of rotatable bonds is 7. The van der Waals surface area contributed by atoms with Crippen molar-refractivity contribution in [1.29, 1.82) is 0 Å². The Morgan fingerprint density at radius 2 is 1.88 bits per heavy atom. The third-order valence-electron chi connectivity index (χ3n) is 8.00. The quantitative estimate of drug-likeness (QED) is 0.415. The predicted octanol–water partition coefficient (Wildman–Crippen LogP) is 4.90. The molecule has 5 atom stereocenters. The lowest BCUT2D eigenvalue weighted by atomic mass is 9.71. The first kappa shape index (κ1) is 21.9. The van der Waals surface area contributed by atoms with Crippen LogP contribution in [0.1, 0.15) is 30.1 Å². The Morgan fingerprint density at radius 1 is 1.12 bits per heavy atom. The van der Waals surface area contributed by atoms with Gasteiger partial charge >= 0.3 is 0 Å². The number of hydrogen-bond donors (Lipinski definition) is 1. The highest BCUT2D eigenvalue weighted by Gasteiger charge is 2.54. The molecule has 3 aliphatic rings. The second kappa shape index (κ2) is 8.81. The minimum Gasteiger partial charge on any atom is -0.497 e. The molecule has 4 heterocycles. The highest BCUT2D eigenvalue weighted by atomic mass is 16.5. The fourth-order valence-corrected chi connectivity index (χ4v) is 6.21. The van der Waals surface area contributed by atoms with E-state index in [1.54, 1.807) is 14.2 Å². The molecule has 3 aliphatic heterocycles. The number of aromatic nitrogens is 1. The summed E-state index contributed by atoms with van der Waals surface area (Å²) in [5, 5.41) is 12.9. The first-order chi connectivity index (χ1) is 16.1. The van der Waals surface area contributed by atoms with Crippen molar-refractivity contribution in [3.63, 3.8) is 0 Å². The smallest absolute Gasteiger partial charge is 0.131 e. The number of aliphatic hydroxyl groups is 1. The van der Waals surface area contributed by atoms with E-state index in [0.29, 0.717) is 11.8 Å². The van der Waals surface area contributed by atoms with Crippen LogP contribution in [-0.2, 0) is 6.54 Å². The van der Waals surface area contributed by atoms with Crippen molar-refractivity contribution in [2.75, 3.05) is 27.3 Å². The van der Waals surface area contributed by atoms with Gasteiger partial charge in [0.15, 0.2) is 0 Å². The summed E-state index contributed by atoms with van der Waals surface area (Å²) in [6, 6.07) is 16.4.